The minimum atomic E-state index is -0.610. The fourth-order valence-electron chi connectivity index (χ4n) is 3.92. The van der Waals surface area contributed by atoms with E-state index in [4.69, 9.17) is 4.74 Å². The molecule has 1 fully saturated rings. The van der Waals surface area contributed by atoms with E-state index in [2.05, 4.69) is 29.4 Å². The predicted octanol–water partition coefficient (Wildman–Crippen LogP) is 3.53. The van der Waals surface area contributed by atoms with Crippen LogP contribution in [0, 0.1) is 0 Å². The second kappa shape index (κ2) is 8.18. The van der Waals surface area contributed by atoms with E-state index in [1.165, 1.54) is 5.56 Å². The molecule has 2 aromatic rings. The van der Waals surface area contributed by atoms with E-state index in [1.807, 2.05) is 30.3 Å². The molecule has 156 valence electrons. The third kappa shape index (κ3) is 4.01. The number of rotatable bonds is 5. The Morgan fingerprint density at radius 3 is 2.70 bits per heavy atom. The zero-order chi connectivity index (χ0) is 21.3. The number of anilines is 3. The smallest absolute Gasteiger partial charge is 0.338 e. The fourth-order valence-corrected chi connectivity index (χ4v) is 3.92. The summed E-state index contributed by atoms with van der Waals surface area (Å²) in [5, 5.41) is 5.58. The van der Waals surface area contributed by atoms with Crippen molar-refractivity contribution in [1.82, 2.24) is 0 Å². The minimum absolute atomic E-state index is 0.0478. The van der Waals surface area contributed by atoms with Crippen molar-refractivity contribution in [1.29, 1.82) is 0 Å². The van der Waals surface area contributed by atoms with Gasteiger partial charge in [-0.15, -0.1) is 0 Å². The lowest BCUT2D eigenvalue weighted by atomic mass is 10.0. The summed E-state index contributed by atoms with van der Waals surface area (Å²) in [6, 6.07) is 12.5. The van der Waals surface area contributed by atoms with Crippen molar-refractivity contribution in [2.75, 3.05) is 28.7 Å². The Balaban J connectivity index is 1.36. The molecular formula is C23H25N3O4. The molecule has 2 N–H and O–H groups in total. The zero-order valence-corrected chi connectivity index (χ0v) is 17.1. The van der Waals surface area contributed by atoms with Gasteiger partial charge >= 0.3 is 5.97 Å². The van der Waals surface area contributed by atoms with Crippen molar-refractivity contribution in [3.63, 3.8) is 0 Å². The Hall–Kier alpha value is -3.35. The molecule has 7 heteroatoms. The monoisotopic (exact) mass is 407 g/mol. The second-order valence-electron chi connectivity index (χ2n) is 7.97. The maximum Gasteiger partial charge on any atom is 0.338 e. The zero-order valence-electron chi connectivity index (χ0n) is 17.1. The van der Waals surface area contributed by atoms with Crippen LogP contribution in [0.3, 0.4) is 0 Å². The highest BCUT2D eigenvalue weighted by molar-refractivity contribution is 6.05. The maximum atomic E-state index is 12.4. The number of ether oxygens (including phenoxy) is 1. The van der Waals surface area contributed by atoms with Crippen molar-refractivity contribution in [2.45, 2.75) is 38.6 Å². The number of nitrogens with zero attached hydrogens (tertiary/aromatic N) is 1. The summed E-state index contributed by atoms with van der Waals surface area (Å²) in [6.07, 6.45) is 1.81. The van der Waals surface area contributed by atoms with Gasteiger partial charge in [0, 0.05) is 12.2 Å². The summed E-state index contributed by atoms with van der Waals surface area (Å²) in [5.74, 6) is -0.658. The molecule has 2 aliphatic rings. The van der Waals surface area contributed by atoms with E-state index in [0.717, 1.165) is 25.1 Å². The lowest BCUT2D eigenvalue weighted by molar-refractivity contribution is -0.119. The third-order valence-corrected chi connectivity index (χ3v) is 5.55. The number of fused-ring (bicyclic) bond motifs is 3. The topological polar surface area (TPSA) is 87.7 Å². The molecule has 0 radical (unpaired) electrons. The van der Waals surface area contributed by atoms with Crippen LogP contribution in [0.5, 0.6) is 0 Å². The van der Waals surface area contributed by atoms with Crippen molar-refractivity contribution in [3.8, 4) is 0 Å². The summed E-state index contributed by atoms with van der Waals surface area (Å²) in [5.41, 5.74) is 3.63. The minimum Gasteiger partial charge on any atom is -0.452 e. The first kappa shape index (κ1) is 19.9. The van der Waals surface area contributed by atoms with E-state index in [1.54, 1.807) is 12.1 Å². The molecule has 4 rings (SSSR count). The summed E-state index contributed by atoms with van der Waals surface area (Å²) >= 11 is 0. The van der Waals surface area contributed by atoms with Gasteiger partial charge in [-0.25, -0.2) is 4.79 Å². The van der Waals surface area contributed by atoms with Gasteiger partial charge < -0.3 is 20.3 Å². The largest absolute Gasteiger partial charge is 0.452 e. The third-order valence-electron chi connectivity index (χ3n) is 5.55. The number of esters is 1. The molecule has 2 heterocycles. The Morgan fingerprint density at radius 2 is 1.97 bits per heavy atom. The molecule has 30 heavy (non-hydrogen) atoms. The Morgan fingerprint density at radius 1 is 1.20 bits per heavy atom. The summed E-state index contributed by atoms with van der Waals surface area (Å²) in [6.45, 7) is 4.64. The van der Waals surface area contributed by atoms with Gasteiger partial charge in [0.15, 0.2) is 6.61 Å². The van der Waals surface area contributed by atoms with Crippen molar-refractivity contribution in [2.24, 2.45) is 0 Å². The van der Waals surface area contributed by atoms with Crippen molar-refractivity contribution in [3.05, 3.63) is 53.6 Å². The van der Waals surface area contributed by atoms with Crippen LogP contribution in [0.25, 0.3) is 0 Å². The molecule has 1 saturated heterocycles. The van der Waals surface area contributed by atoms with Gasteiger partial charge in [-0.3, -0.25) is 9.59 Å². The molecule has 0 saturated carbocycles. The van der Waals surface area contributed by atoms with Crippen LogP contribution >= 0.6 is 0 Å². The first-order chi connectivity index (χ1) is 14.4. The number of hydrogen-bond acceptors (Lipinski definition) is 5. The van der Waals surface area contributed by atoms with Crippen LogP contribution in [-0.2, 0) is 14.3 Å². The SMILES string of the molecule is CC(C)c1ccc(NC(=O)COC(=O)c2ccc3c(c2)NC(=O)[C@H]2CCCN32)cc1. The number of benzene rings is 2. The summed E-state index contributed by atoms with van der Waals surface area (Å²) in [7, 11) is 0. The number of carbonyl (C=O) groups is 3. The van der Waals surface area contributed by atoms with Crippen LogP contribution in [0.2, 0.25) is 0 Å². The molecule has 2 amide bonds. The molecule has 0 spiro atoms. The van der Waals surface area contributed by atoms with Crippen LogP contribution in [0.1, 0.15) is 48.5 Å². The molecule has 2 aliphatic heterocycles. The number of hydrogen-bond donors (Lipinski definition) is 2. The Kier molecular flexibility index (Phi) is 5.44. The molecular weight excluding hydrogens is 382 g/mol. The second-order valence-corrected chi connectivity index (χ2v) is 7.97. The van der Waals surface area contributed by atoms with Crippen LogP contribution in [-0.4, -0.2) is 37.0 Å². The average Bonchev–Trinajstić information content (AvgIpc) is 3.23. The fraction of sp³-hybridized carbons (Fsp3) is 0.348. The van der Waals surface area contributed by atoms with Crippen LogP contribution in [0.4, 0.5) is 17.1 Å². The summed E-state index contributed by atoms with van der Waals surface area (Å²) in [4.78, 5) is 38.8. The highest BCUT2D eigenvalue weighted by Gasteiger charge is 2.36. The molecule has 2 aromatic carbocycles. The lowest BCUT2D eigenvalue weighted by Crippen LogP contribution is -2.43. The van der Waals surface area contributed by atoms with Gasteiger partial charge in [-0.05, 0) is 54.7 Å². The molecule has 0 aliphatic carbocycles. The van der Waals surface area contributed by atoms with Gasteiger partial charge in [0.05, 0.1) is 16.9 Å². The molecule has 0 aromatic heterocycles. The quantitative estimate of drug-likeness (QED) is 0.741. The van der Waals surface area contributed by atoms with E-state index in [-0.39, 0.29) is 18.6 Å². The van der Waals surface area contributed by atoms with Gasteiger partial charge in [0.1, 0.15) is 6.04 Å². The standard InChI is InChI=1S/C23H25N3O4/c1-14(2)15-5-8-17(9-6-15)24-21(27)13-30-23(29)16-7-10-19-18(12-16)25-22(28)20-4-3-11-26(19)20/h5-10,12,14,20H,3-4,11,13H2,1-2H3,(H,24,27)(H,25,28)/t20-/m1/s1. The maximum absolute atomic E-state index is 12.4. The summed E-state index contributed by atoms with van der Waals surface area (Å²) < 4.78 is 5.15. The first-order valence-electron chi connectivity index (χ1n) is 10.2. The van der Waals surface area contributed by atoms with Crippen LogP contribution in [0.15, 0.2) is 42.5 Å². The van der Waals surface area contributed by atoms with Crippen LogP contribution < -0.4 is 15.5 Å². The normalized spacial score (nSPS) is 17.2. The van der Waals surface area contributed by atoms with E-state index in [9.17, 15) is 14.4 Å². The number of nitrogens with one attached hydrogen (secondary N) is 2. The Labute approximate surface area is 175 Å². The van der Waals surface area contributed by atoms with Gasteiger partial charge in [0.2, 0.25) is 5.91 Å². The predicted molar refractivity (Wildman–Crippen MR) is 115 cm³/mol. The number of carbonyl (C=O) groups excluding carboxylic acids is 3. The molecule has 0 unspecified atom stereocenters. The molecule has 0 bridgehead atoms. The first-order valence-corrected chi connectivity index (χ1v) is 10.2. The highest BCUT2D eigenvalue weighted by atomic mass is 16.5. The van der Waals surface area contributed by atoms with Crippen molar-refractivity contribution >= 4 is 34.8 Å². The van der Waals surface area contributed by atoms with Crippen molar-refractivity contribution < 1.29 is 19.1 Å². The molecule has 1 atom stereocenters. The van der Waals surface area contributed by atoms with Gasteiger partial charge in [0.25, 0.3) is 5.91 Å². The lowest BCUT2D eigenvalue weighted by Gasteiger charge is -2.33. The van der Waals surface area contributed by atoms with E-state index >= 15 is 0 Å². The van der Waals surface area contributed by atoms with E-state index < -0.39 is 11.9 Å². The van der Waals surface area contributed by atoms with Gasteiger partial charge in [-0.2, -0.15) is 0 Å². The van der Waals surface area contributed by atoms with E-state index in [0.29, 0.717) is 22.9 Å². The average molecular weight is 407 g/mol. The number of amides is 2. The van der Waals surface area contributed by atoms with Gasteiger partial charge in [-0.1, -0.05) is 26.0 Å². The Bertz CT molecular complexity index is 984. The highest BCUT2D eigenvalue weighted by Crippen LogP contribution is 2.37. The molecule has 7 nitrogen and oxygen atoms in total.